The van der Waals surface area contributed by atoms with Crippen molar-refractivity contribution >= 4 is 34.7 Å². The van der Waals surface area contributed by atoms with Gasteiger partial charge in [0.2, 0.25) is 5.95 Å². The summed E-state index contributed by atoms with van der Waals surface area (Å²) in [7, 11) is 0. The monoisotopic (exact) mass is 270 g/mol. The van der Waals surface area contributed by atoms with E-state index in [9.17, 15) is 0 Å². The highest BCUT2D eigenvalue weighted by Crippen LogP contribution is 2.26. The second-order valence-electron chi connectivity index (χ2n) is 3.76. The first-order valence-electron chi connectivity index (χ1n) is 5.51. The summed E-state index contributed by atoms with van der Waals surface area (Å²) < 4.78 is 0. The van der Waals surface area contributed by atoms with E-state index in [0.29, 0.717) is 11.2 Å². The molecule has 0 aliphatic carbocycles. The SMILES string of the molecule is Nc1nc(N)c2nc(Sc3ccccc3)cnc2n1. The summed E-state index contributed by atoms with van der Waals surface area (Å²) in [6.45, 7) is 0. The minimum absolute atomic E-state index is 0.0998. The van der Waals surface area contributed by atoms with Gasteiger partial charge in [0.15, 0.2) is 17.0 Å². The van der Waals surface area contributed by atoms with Crippen LogP contribution in [-0.4, -0.2) is 19.9 Å². The number of aromatic nitrogens is 4. The van der Waals surface area contributed by atoms with Gasteiger partial charge in [0, 0.05) is 4.90 Å². The van der Waals surface area contributed by atoms with Crippen LogP contribution in [0.15, 0.2) is 46.5 Å². The molecule has 94 valence electrons. The van der Waals surface area contributed by atoms with Crippen molar-refractivity contribution in [1.29, 1.82) is 0 Å². The first kappa shape index (κ1) is 11.7. The summed E-state index contributed by atoms with van der Waals surface area (Å²) in [5.74, 6) is 0.341. The number of nitrogens with two attached hydrogens (primary N) is 2. The molecule has 0 bridgehead atoms. The van der Waals surface area contributed by atoms with E-state index in [2.05, 4.69) is 19.9 Å². The van der Waals surface area contributed by atoms with Crippen LogP contribution in [0.4, 0.5) is 11.8 Å². The van der Waals surface area contributed by atoms with Crippen molar-refractivity contribution in [1.82, 2.24) is 19.9 Å². The van der Waals surface area contributed by atoms with Crippen LogP contribution in [0.3, 0.4) is 0 Å². The summed E-state index contributed by atoms with van der Waals surface area (Å²) in [4.78, 5) is 17.6. The molecule has 6 nitrogen and oxygen atoms in total. The summed E-state index contributed by atoms with van der Waals surface area (Å²) in [6, 6.07) is 9.90. The van der Waals surface area contributed by atoms with Crippen LogP contribution in [0.25, 0.3) is 11.2 Å². The van der Waals surface area contributed by atoms with Crippen LogP contribution in [0, 0.1) is 0 Å². The number of hydrogen-bond acceptors (Lipinski definition) is 7. The first-order chi connectivity index (χ1) is 9.22. The lowest BCUT2D eigenvalue weighted by atomic mass is 10.4. The molecule has 0 atom stereocenters. The van der Waals surface area contributed by atoms with Crippen LogP contribution >= 0.6 is 11.8 Å². The molecule has 2 aromatic heterocycles. The fourth-order valence-electron chi connectivity index (χ4n) is 1.59. The van der Waals surface area contributed by atoms with Crippen molar-refractivity contribution in [3.63, 3.8) is 0 Å². The molecule has 0 saturated heterocycles. The Kier molecular flexibility index (Phi) is 2.88. The second kappa shape index (κ2) is 4.69. The largest absolute Gasteiger partial charge is 0.382 e. The molecule has 0 aliphatic rings. The highest BCUT2D eigenvalue weighted by molar-refractivity contribution is 7.99. The Morgan fingerprint density at radius 1 is 0.947 bits per heavy atom. The lowest BCUT2D eigenvalue weighted by Gasteiger charge is -2.04. The maximum atomic E-state index is 5.78. The molecule has 3 rings (SSSR count). The lowest BCUT2D eigenvalue weighted by Crippen LogP contribution is -2.03. The van der Waals surface area contributed by atoms with Crippen molar-refractivity contribution in [2.24, 2.45) is 0 Å². The van der Waals surface area contributed by atoms with Crippen molar-refractivity contribution in [3.05, 3.63) is 36.5 Å². The summed E-state index contributed by atoms with van der Waals surface area (Å²) >= 11 is 1.50. The molecule has 4 N–H and O–H groups in total. The fraction of sp³-hybridized carbons (Fsp3) is 0. The molecule has 0 aliphatic heterocycles. The highest BCUT2D eigenvalue weighted by Gasteiger charge is 2.08. The molecule has 19 heavy (non-hydrogen) atoms. The predicted molar refractivity (Wildman–Crippen MR) is 74.5 cm³/mol. The van der Waals surface area contributed by atoms with Crippen LogP contribution in [0.5, 0.6) is 0 Å². The van der Waals surface area contributed by atoms with E-state index in [-0.39, 0.29) is 11.8 Å². The third kappa shape index (κ3) is 2.41. The van der Waals surface area contributed by atoms with E-state index in [1.807, 2.05) is 30.3 Å². The zero-order valence-corrected chi connectivity index (χ0v) is 10.6. The van der Waals surface area contributed by atoms with Crippen molar-refractivity contribution < 1.29 is 0 Å². The predicted octanol–water partition coefficient (Wildman–Crippen LogP) is 1.74. The Morgan fingerprint density at radius 3 is 2.53 bits per heavy atom. The van der Waals surface area contributed by atoms with E-state index < -0.39 is 0 Å². The number of fused-ring (bicyclic) bond motifs is 1. The summed E-state index contributed by atoms with van der Waals surface area (Å²) in [6.07, 6.45) is 1.64. The molecular weight excluding hydrogens is 260 g/mol. The number of nitrogens with zero attached hydrogens (tertiary/aromatic N) is 4. The van der Waals surface area contributed by atoms with Crippen LogP contribution in [-0.2, 0) is 0 Å². The molecular formula is C12H10N6S. The Balaban J connectivity index is 2.02. The van der Waals surface area contributed by atoms with E-state index in [0.717, 1.165) is 9.92 Å². The van der Waals surface area contributed by atoms with E-state index in [4.69, 9.17) is 11.5 Å². The molecule has 0 amide bonds. The number of nitrogen functional groups attached to an aromatic ring is 2. The molecule has 2 heterocycles. The molecule has 0 saturated carbocycles. The molecule has 1 aromatic carbocycles. The van der Waals surface area contributed by atoms with Crippen LogP contribution < -0.4 is 11.5 Å². The Labute approximate surface area is 113 Å². The standard InChI is InChI=1S/C12H10N6S/c13-10-9-11(18-12(14)17-10)15-6-8(16-9)19-7-4-2-1-3-5-7/h1-6H,(H4,13,14,15,17,18). The van der Waals surface area contributed by atoms with Gasteiger partial charge < -0.3 is 11.5 Å². The van der Waals surface area contributed by atoms with Gasteiger partial charge in [-0.1, -0.05) is 30.0 Å². The van der Waals surface area contributed by atoms with E-state index in [1.165, 1.54) is 11.8 Å². The zero-order chi connectivity index (χ0) is 13.2. The highest BCUT2D eigenvalue weighted by atomic mass is 32.2. The molecule has 0 spiro atoms. The average molecular weight is 270 g/mol. The second-order valence-corrected chi connectivity index (χ2v) is 4.86. The average Bonchev–Trinajstić information content (AvgIpc) is 2.40. The van der Waals surface area contributed by atoms with E-state index in [1.54, 1.807) is 6.20 Å². The third-order valence-electron chi connectivity index (χ3n) is 2.39. The van der Waals surface area contributed by atoms with Crippen LogP contribution in [0.1, 0.15) is 0 Å². The maximum absolute atomic E-state index is 5.78. The van der Waals surface area contributed by atoms with Gasteiger partial charge in [-0.05, 0) is 12.1 Å². The molecule has 3 aromatic rings. The maximum Gasteiger partial charge on any atom is 0.224 e. The smallest absolute Gasteiger partial charge is 0.224 e. The van der Waals surface area contributed by atoms with Gasteiger partial charge in [-0.25, -0.2) is 9.97 Å². The fourth-order valence-corrected chi connectivity index (χ4v) is 2.37. The van der Waals surface area contributed by atoms with Gasteiger partial charge in [0.1, 0.15) is 5.03 Å². The summed E-state index contributed by atoms with van der Waals surface area (Å²) in [5.41, 5.74) is 12.2. The quantitative estimate of drug-likeness (QED) is 0.730. The minimum Gasteiger partial charge on any atom is -0.382 e. The topological polar surface area (TPSA) is 104 Å². The Morgan fingerprint density at radius 2 is 1.74 bits per heavy atom. The molecule has 7 heteroatoms. The normalized spacial score (nSPS) is 10.7. The minimum atomic E-state index is 0.0998. The van der Waals surface area contributed by atoms with Gasteiger partial charge in [-0.3, -0.25) is 0 Å². The molecule has 0 unspecified atom stereocenters. The van der Waals surface area contributed by atoms with Crippen molar-refractivity contribution in [3.8, 4) is 0 Å². The number of rotatable bonds is 2. The van der Waals surface area contributed by atoms with Gasteiger partial charge in [0.05, 0.1) is 6.20 Å². The number of anilines is 2. The van der Waals surface area contributed by atoms with Gasteiger partial charge in [-0.2, -0.15) is 9.97 Å². The van der Waals surface area contributed by atoms with Crippen molar-refractivity contribution in [2.75, 3.05) is 11.5 Å². The number of hydrogen-bond donors (Lipinski definition) is 2. The molecule has 0 fully saturated rings. The first-order valence-corrected chi connectivity index (χ1v) is 6.32. The third-order valence-corrected chi connectivity index (χ3v) is 3.31. The van der Waals surface area contributed by atoms with Gasteiger partial charge >= 0.3 is 0 Å². The number of benzene rings is 1. The lowest BCUT2D eigenvalue weighted by molar-refractivity contribution is 1.08. The zero-order valence-electron chi connectivity index (χ0n) is 9.82. The van der Waals surface area contributed by atoms with Crippen LogP contribution in [0.2, 0.25) is 0 Å². The van der Waals surface area contributed by atoms with E-state index >= 15 is 0 Å². The molecule has 0 radical (unpaired) electrons. The Hall–Kier alpha value is -2.41. The summed E-state index contributed by atoms with van der Waals surface area (Å²) in [5, 5.41) is 0.735. The Bertz CT molecular complexity index is 731. The van der Waals surface area contributed by atoms with Crippen molar-refractivity contribution in [2.45, 2.75) is 9.92 Å². The van der Waals surface area contributed by atoms with Gasteiger partial charge in [-0.15, -0.1) is 0 Å². The van der Waals surface area contributed by atoms with Gasteiger partial charge in [0.25, 0.3) is 0 Å².